The standard InChI is InChI=1S/C17H24N2O3S/c1-2-13-5-6-14(23-13)8-18-15(20)10-19-9-12-4-3-7-17(12,11-19)16(21)22/h5-6,12H,2-4,7-11H2,1H3,(H,18,20)(H,21,22)/t12-,17+/m0/s1. The van der Waals surface area contributed by atoms with Crippen LogP contribution in [0.25, 0.3) is 0 Å². The molecule has 1 aliphatic carbocycles. The third-order valence-electron chi connectivity index (χ3n) is 5.26. The van der Waals surface area contributed by atoms with Crippen molar-refractivity contribution in [2.75, 3.05) is 19.6 Å². The number of thiophene rings is 1. The number of fused-ring (bicyclic) bond motifs is 1. The summed E-state index contributed by atoms with van der Waals surface area (Å²) in [5, 5.41) is 12.5. The monoisotopic (exact) mass is 336 g/mol. The minimum absolute atomic E-state index is 0.0167. The Bertz CT molecular complexity index is 600. The van der Waals surface area contributed by atoms with Crippen molar-refractivity contribution in [1.29, 1.82) is 0 Å². The Morgan fingerprint density at radius 1 is 1.43 bits per heavy atom. The maximum atomic E-state index is 12.1. The van der Waals surface area contributed by atoms with E-state index in [1.165, 1.54) is 4.88 Å². The molecule has 0 spiro atoms. The molecular weight excluding hydrogens is 312 g/mol. The lowest BCUT2D eigenvalue weighted by Gasteiger charge is -2.23. The molecule has 0 aromatic carbocycles. The normalized spacial score (nSPS) is 27.1. The predicted molar refractivity (Wildman–Crippen MR) is 89.4 cm³/mol. The molecule has 2 aliphatic rings. The molecule has 126 valence electrons. The molecule has 1 aliphatic heterocycles. The van der Waals surface area contributed by atoms with Gasteiger partial charge in [-0.2, -0.15) is 0 Å². The van der Waals surface area contributed by atoms with Crippen LogP contribution in [0.1, 0.15) is 35.9 Å². The number of carboxylic acid groups (broad SMARTS) is 1. The highest BCUT2D eigenvalue weighted by Gasteiger charge is 2.54. The third-order valence-corrected chi connectivity index (χ3v) is 6.49. The van der Waals surface area contributed by atoms with Crippen LogP contribution in [0.3, 0.4) is 0 Å². The first-order chi connectivity index (χ1) is 11.0. The van der Waals surface area contributed by atoms with Crippen molar-refractivity contribution in [2.24, 2.45) is 11.3 Å². The summed E-state index contributed by atoms with van der Waals surface area (Å²) in [4.78, 5) is 28.3. The third kappa shape index (κ3) is 3.28. The summed E-state index contributed by atoms with van der Waals surface area (Å²) in [5.74, 6) is -0.497. The van der Waals surface area contributed by atoms with Gasteiger partial charge in [0.2, 0.25) is 5.91 Å². The Kier molecular flexibility index (Phi) is 4.73. The summed E-state index contributed by atoms with van der Waals surface area (Å²) in [7, 11) is 0. The number of hydrogen-bond acceptors (Lipinski definition) is 4. The van der Waals surface area contributed by atoms with Gasteiger partial charge in [-0.15, -0.1) is 11.3 Å². The molecule has 6 heteroatoms. The maximum absolute atomic E-state index is 12.1. The number of aliphatic carboxylic acids is 1. The van der Waals surface area contributed by atoms with Crippen LogP contribution in [0.4, 0.5) is 0 Å². The summed E-state index contributed by atoms with van der Waals surface area (Å²) in [6, 6.07) is 4.16. The minimum atomic E-state index is -0.686. The fraction of sp³-hybridized carbons (Fsp3) is 0.647. The lowest BCUT2D eigenvalue weighted by Crippen LogP contribution is -2.39. The van der Waals surface area contributed by atoms with Crippen molar-refractivity contribution >= 4 is 23.2 Å². The van der Waals surface area contributed by atoms with Gasteiger partial charge < -0.3 is 10.4 Å². The van der Waals surface area contributed by atoms with E-state index in [4.69, 9.17) is 0 Å². The van der Waals surface area contributed by atoms with E-state index in [0.29, 0.717) is 19.6 Å². The molecule has 0 bridgehead atoms. The molecule has 2 N–H and O–H groups in total. The summed E-state index contributed by atoms with van der Waals surface area (Å²) in [6.07, 6.45) is 3.74. The zero-order chi connectivity index (χ0) is 16.4. The number of amides is 1. The van der Waals surface area contributed by atoms with E-state index in [9.17, 15) is 14.7 Å². The second kappa shape index (κ2) is 6.61. The van der Waals surface area contributed by atoms with Crippen LogP contribution >= 0.6 is 11.3 Å². The van der Waals surface area contributed by atoms with Gasteiger partial charge in [0.1, 0.15) is 0 Å². The maximum Gasteiger partial charge on any atom is 0.311 e. The first-order valence-corrected chi connectivity index (χ1v) is 9.15. The van der Waals surface area contributed by atoms with Gasteiger partial charge in [0.05, 0.1) is 18.5 Å². The smallest absolute Gasteiger partial charge is 0.311 e. The topological polar surface area (TPSA) is 69.6 Å². The van der Waals surface area contributed by atoms with E-state index in [-0.39, 0.29) is 11.8 Å². The number of hydrogen-bond donors (Lipinski definition) is 2. The van der Waals surface area contributed by atoms with Crippen molar-refractivity contribution in [3.63, 3.8) is 0 Å². The molecule has 1 aromatic heterocycles. The fourth-order valence-corrected chi connectivity index (χ4v) is 4.91. The molecule has 1 aromatic rings. The molecule has 0 unspecified atom stereocenters. The van der Waals surface area contributed by atoms with Crippen molar-refractivity contribution in [2.45, 2.75) is 39.2 Å². The number of aryl methyl sites for hydroxylation is 1. The van der Waals surface area contributed by atoms with Crippen molar-refractivity contribution in [3.05, 3.63) is 21.9 Å². The van der Waals surface area contributed by atoms with Crippen LogP contribution < -0.4 is 5.32 Å². The van der Waals surface area contributed by atoms with Crippen LogP contribution in [0, 0.1) is 11.3 Å². The zero-order valence-electron chi connectivity index (χ0n) is 13.5. The largest absolute Gasteiger partial charge is 0.481 e. The molecule has 1 saturated heterocycles. The second-order valence-electron chi connectivity index (χ2n) is 6.72. The van der Waals surface area contributed by atoms with Gasteiger partial charge in [-0.3, -0.25) is 14.5 Å². The highest BCUT2D eigenvalue weighted by molar-refractivity contribution is 7.11. The summed E-state index contributed by atoms with van der Waals surface area (Å²) in [5.41, 5.74) is -0.607. The molecule has 0 radical (unpaired) electrons. The average Bonchev–Trinajstić information content (AvgIpc) is 3.18. The van der Waals surface area contributed by atoms with Crippen molar-refractivity contribution in [3.8, 4) is 0 Å². The summed E-state index contributed by atoms with van der Waals surface area (Å²) >= 11 is 1.73. The van der Waals surface area contributed by atoms with E-state index in [0.717, 1.165) is 37.1 Å². The molecule has 3 rings (SSSR count). The first kappa shape index (κ1) is 16.5. The van der Waals surface area contributed by atoms with Crippen LogP contribution in [0.2, 0.25) is 0 Å². The van der Waals surface area contributed by atoms with Gasteiger partial charge >= 0.3 is 5.97 Å². The molecular formula is C17H24N2O3S. The quantitative estimate of drug-likeness (QED) is 0.835. The lowest BCUT2D eigenvalue weighted by atomic mass is 9.81. The van der Waals surface area contributed by atoms with E-state index in [1.54, 1.807) is 11.3 Å². The van der Waals surface area contributed by atoms with Crippen molar-refractivity contribution < 1.29 is 14.7 Å². The van der Waals surface area contributed by atoms with E-state index in [2.05, 4.69) is 24.4 Å². The Hall–Kier alpha value is -1.40. The number of carboxylic acids is 1. The number of rotatable bonds is 6. The number of carbonyl (C=O) groups excluding carboxylic acids is 1. The number of nitrogens with zero attached hydrogens (tertiary/aromatic N) is 1. The Balaban J connectivity index is 1.50. The summed E-state index contributed by atoms with van der Waals surface area (Å²) in [6.45, 7) is 4.23. The molecule has 1 amide bonds. The first-order valence-electron chi connectivity index (χ1n) is 8.33. The van der Waals surface area contributed by atoms with Crippen LogP contribution in [-0.4, -0.2) is 41.5 Å². The van der Waals surface area contributed by atoms with E-state index >= 15 is 0 Å². The molecule has 2 fully saturated rings. The minimum Gasteiger partial charge on any atom is -0.481 e. The van der Waals surface area contributed by atoms with Gasteiger partial charge in [-0.05, 0) is 37.3 Å². The molecule has 1 saturated carbocycles. The SMILES string of the molecule is CCc1ccc(CNC(=O)CN2C[C@@H]3CCC[C@@]3(C(=O)O)C2)s1. The number of likely N-dealkylation sites (tertiary alicyclic amines) is 1. The highest BCUT2D eigenvalue weighted by Crippen LogP contribution is 2.48. The van der Waals surface area contributed by atoms with Crippen molar-refractivity contribution in [1.82, 2.24) is 10.2 Å². The predicted octanol–water partition coefficient (Wildman–Crippen LogP) is 2.11. The van der Waals surface area contributed by atoms with E-state index in [1.807, 2.05) is 4.90 Å². The van der Waals surface area contributed by atoms with E-state index < -0.39 is 11.4 Å². The molecule has 23 heavy (non-hydrogen) atoms. The average molecular weight is 336 g/mol. The van der Waals surface area contributed by atoms with Gasteiger partial charge in [-0.25, -0.2) is 0 Å². The summed E-state index contributed by atoms with van der Waals surface area (Å²) < 4.78 is 0. The van der Waals surface area contributed by atoms with Crippen LogP contribution in [0.5, 0.6) is 0 Å². The Morgan fingerprint density at radius 2 is 2.22 bits per heavy atom. The number of nitrogens with one attached hydrogen (secondary N) is 1. The number of carbonyl (C=O) groups is 2. The molecule has 5 nitrogen and oxygen atoms in total. The fourth-order valence-electron chi connectivity index (χ4n) is 4.02. The Labute approximate surface area is 140 Å². The van der Waals surface area contributed by atoms with Gasteiger partial charge in [-0.1, -0.05) is 13.3 Å². The van der Waals surface area contributed by atoms with Crippen LogP contribution in [0.15, 0.2) is 12.1 Å². The van der Waals surface area contributed by atoms with Gasteiger partial charge in [0.15, 0.2) is 0 Å². The zero-order valence-corrected chi connectivity index (χ0v) is 14.3. The Morgan fingerprint density at radius 3 is 2.87 bits per heavy atom. The molecule has 2 heterocycles. The van der Waals surface area contributed by atoms with Gasteiger partial charge in [0, 0.05) is 22.8 Å². The van der Waals surface area contributed by atoms with Gasteiger partial charge in [0.25, 0.3) is 0 Å². The highest BCUT2D eigenvalue weighted by atomic mass is 32.1. The lowest BCUT2D eigenvalue weighted by molar-refractivity contribution is -0.149. The second-order valence-corrected chi connectivity index (χ2v) is 7.97. The molecule has 2 atom stereocenters. The van der Waals surface area contributed by atoms with Crippen LogP contribution in [-0.2, 0) is 22.6 Å².